The topological polar surface area (TPSA) is 18.5 Å². The zero-order chi connectivity index (χ0) is 4.12. The van der Waals surface area contributed by atoms with Gasteiger partial charge < -0.3 is 24.8 Å². The van der Waals surface area contributed by atoms with Crippen molar-refractivity contribution >= 4 is 0 Å². The van der Waals surface area contributed by atoms with Crippen LogP contribution >= 0.6 is 0 Å². The maximum absolute atomic E-state index is 4.31. The fourth-order valence-corrected chi connectivity index (χ4v) is 0.217. The predicted molar refractivity (Wildman–Crippen MR) is 12.7 cm³/mol. The Bertz CT molecular complexity index is 21.2. The molecular weight excluding hydrogens is 178 g/mol. The summed E-state index contributed by atoms with van der Waals surface area (Å²) in [5.41, 5.74) is 0. The molecule has 0 N–H and O–H groups in total. The second kappa shape index (κ2) is 15.7. The zero-order valence-electron chi connectivity index (χ0n) is 3.73. The van der Waals surface area contributed by atoms with Crippen LogP contribution < -0.4 is 24.8 Å². The van der Waals surface area contributed by atoms with Gasteiger partial charge in [-0.3, -0.25) is 0 Å². The van der Waals surface area contributed by atoms with Gasteiger partial charge in [0, 0.05) is 0 Å². The van der Waals surface area contributed by atoms with Crippen molar-refractivity contribution in [3.63, 3.8) is 0 Å². The van der Waals surface area contributed by atoms with Crippen LogP contribution in [0.3, 0.4) is 0 Å². The van der Waals surface area contributed by atoms with Crippen LogP contribution in [0.5, 0.6) is 0 Å². The molecule has 0 aliphatic carbocycles. The van der Waals surface area contributed by atoms with Crippen molar-refractivity contribution in [2.24, 2.45) is 0 Å². The maximum atomic E-state index is 4.31. The van der Waals surface area contributed by atoms with E-state index in [2.05, 4.69) is 8.70 Å². The molecule has 0 saturated carbocycles. The molecule has 0 fully saturated rings. The molecule has 0 atom stereocenters. The van der Waals surface area contributed by atoms with E-state index in [0.29, 0.717) is 6.61 Å². The quantitative estimate of drug-likeness (QED) is 0.314. The first-order valence-corrected chi connectivity index (χ1v) is 1.92. The molecule has 44 valence electrons. The van der Waals surface area contributed by atoms with E-state index < -0.39 is 0 Å². The summed E-state index contributed by atoms with van der Waals surface area (Å²) in [5.74, 6) is 0. The molecule has 0 radical (unpaired) electrons. The van der Waals surface area contributed by atoms with Gasteiger partial charge in [0.25, 0.3) is 0 Å². The average molecular weight is 183 g/mol. The van der Waals surface area contributed by atoms with Gasteiger partial charge in [-0.25, -0.2) is 0 Å². The molecule has 0 aliphatic rings. The third-order valence-electron chi connectivity index (χ3n) is 0.171. The molecule has 0 rings (SSSR count). The van der Waals surface area contributed by atoms with Crippen LogP contribution in [0.15, 0.2) is 0 Å². The Morgan fingerprint density at radius 2 is 1.86 bits per heavy atom. The Kier molecular flexibility index (Phi) is 35.2. The molecule has 5 heteroatoms. The van der Waals surface area contributed by atoms with Crippen molar-refractivity contribution < 1.29 is 51.3 Å². The van der Waals surface area contributed by atoms with E-state index in [1.807, 2.05) is 24.7 Å². The van der Waals surface area contributed by atoms with Gasteiger partial charge in [0.1, 0.15) is 0 Å². The van der Waals surface area contributed by atoms with E-state index >= 15 is 0 Å². The largest absolute Gasteiger partial charge is 1.00 e. The van der Waals surface area contributed by atoms with Crippen LogP contribution in [0.1, 0.15) is 6.92 Å². The smallest absolute Gasteiger partial charge is 1.00 e. The minimum absolute atomic E-state index is 0. The zero-order valence-corrected chi connectivity index (χ0v) is 6.64. The Hall–Kier alpha value is 1.08. The van der Waals surface area contributed by atoms with Gasteiger partial charge >= 0.3 is 40.0 Å². The number of halogens is 2. The Balaban J connectivity index is -0.0000000800. The van der Waals surface area contributed by atoms with E-state index in [-0.39, 0.29) is 24.8 Å². The molecule has 0 saturated heterocycles. The summed E-state index contributed by atoms with van der Waals surface area (Å²) < 4.78 is 4.13. The number of rotatable bonds is 2. The summed E-state index contributed by atoms with van der Waals surface area (Å²) in [7, 11) is 0. The van der Waals surface area contributed by atoms with Crippen LogP contribution in [0.25, 0.3) is 0 Å². The summed E-state index contributed by atoms with van der Waals surface area (Å²) in [5, 5.41) is 0. The Morgan fingerprint density at radius 3 is 1.86 bits per heavy atom. The first-order valence-electron chi connectivity index (χ1n) is 1.35. The van der Waals surface area contributed by atoms with E-state index in [9.17, 15) is 0 Å². The van der Waals surface area contributed by atoms with Crippen LogP contribution in [0.4, 0.5) is 0 Å². The van der Waals surface area contributed by atoms with Gasteiger partial charge in [0.15, 0.2) is 0 Å². The van der Waals surface area contributed by atoms with Crippen LogP contribution in [-0.4, -0.2) is 6.61 Å². The van der Waals surface area contributed by atoms with Gasteiger partial charge in [-0.15, -0.1) is 0 Å². The van der Waals surface area contributed by atoms with Crippen molar-refractivity contribution in [3.05, 3.63) is 0 Å². The normalized spacial score (nSPS) is 5.71. The molecule has 0 bridgehead atoms. The van der Waals surface area contributed by atoms with E-state index in [1.54, 1.807) is 0 Å². The fourth-order valence-electron chi connectivity index (χ4n) is 0.0527. The van der Waals surface area contributed by atoms with Crippen molar-refractivity contribution in [1.82, 2.24) is 0 Å². The summed E-state index contributed by atoms with van der Waals surface area (Å²) >= 11 is 1.86. The van der Waals surface area contributed by atoms with Crippen molar-refractivity contribution in [1.29, 1.82) is 0 Å². The number of hydrogen-bond donors (Lipinski definition) is 0. The van der Waals surface area contributed by atoms with Gasteiger partial charge in [-0.05, 0) is 0 Å². The second-order valence-electron chi connectivity index (χ2n) is 0.481. The first kappa shape index (κ1) is 15.7. The molecular formula is C2H5Cl2O2V. The molecule has 0 unspecified atom stereocenters. The molecule has 2 nitrogen and oxygen atoms in total. The molecule has 0 spiro atoms. The van der Waals surface area contributed by atoms with E-state index in [1.165, 1.54) is 0 Å². The first-order chi connectivity index (χ1) is 2.41. The summed E-state index contributed by atoms with van der Waals surface area (Å²) in [6.45, 7) is 2.46. The Labute approximate surface area is 65.0 Å². The minimum atomic E-state index is 0. The average Bonchev–Trinajstić information content (AvgIpc) is 1.41. The van der Waals surface area contributed by atoms with Gasteiger partial charge in [-0.1, -0.05) is 0 Å². The minimum Gasteiger partial charge on any atom is -1.00 e. The van der Waals surface area contributed by atoms with Crippen LogP contribution in [0.2, 0.25) is 0 Å². The summed E-state index contributed by atoms with van der Waals surface area (Å²) in [4.78, 5) is 4.31. The third-order valence-corrected chi connectivity index (χ3v) is 0.335. The summed E-state index contributed by atoms with van der Waals surface area (Å²) in [6, 6.07) is 0. The predicted octanol–water partition coefficient (Wildman–Crippen LogP) is -5.58. The molecule has 0 aromatic heterocycles. The Morgan fingerprint density at radius 1 is 1.43 bits per heavy atom. The summed E-state index contributed by atoms with van der Waals surface area (Å²) in [6.07, 6.45) is 0. The molecule has 0 amide bonds. The molecule has 0 heterocycles. The number of hydrogen-bond acceptors (Lipinski definition) is 2. The van der Waals surface area contributed by atoms with E-state index in [0.717, 1.165) is 0 Å². The van der Waals surface area contributed by atoms with Gasteiger partial charge in [0.05, 0.1) is 0 Å². The monoisotopic (exact) mass is 182 g/mol. The van der Waals surface area contributed by atoms with E-state index in [4.69, 9.17) is 0 Å². The SMILES string of the molecule is CCO[O][V+2].[Cl-].[Cl-]. The van der Waals surface area contributed by atoms with Gasteiger partial charge in [-0.2, -0.15) is 0 Å². The molecule has 0 aromatic rings. The van der Waals surface area contributed by atoms with Crippen molar-refractivity contribution in [2.75, 3.05) is 6.61 Å². The molecule has 0 aromatic carbocycles. The fraction of sp³-hybridized carbons (Fsp3) is 1.00. The van der Waals surface area contributed by atoms with Crippen molar-refractivity contribution in [2.45, 2.75) is 6.92 Å². The molecule has 0 aliphatic heterocycles. The standard InChI is InChI=1S/C2H6O2.2ClH.V/c1-2-4-3;;;/h3H,2H2,1H3;2*1H;/q;;;+3/p-3. The van der Waals surface area contributed by atoms with Crippen LogP contribution in [-0.2, 0) is 26.5 Å². The molecule has 7 heavy (non-hydrogen) atoms. The maximum Gasteiger partial charge on any atom is -1.00 e. The third kappa shape index (κ3) is 19.3. The second-order valence-corrected chi connectivity index (χ2v) is 0.714. The van der Waals surface area contributed by atoms with Gasteiger partial charge in [0.2, 0.25) is 0 Å². The van der Waals surface area contributed by atoms with Crippen LogP contribution in [0, 0.1) is 0 Å². The van der Waals surface area contributed by atoms with Crippen molar-refractivity contribution in [3.8, 4) is 0 Å².